The van der Waals surface area contributed by atoms with E-state index in [-0.39, 0.29) is 5.78 Å². The number of hydrogen-bond donors (Lipinski definition) is 0. The summed E-state index contributed by atoms with van der Waals surface area (Å²) in [5.74, 6) is 0.0682. The van der Waals surface area contributed by atoms with Gasteiger partial charge >= 0.3 is 0 Å². The zero-order valence-corrected chi connectivity index (χ0v) is 10.8. The molecule has 0 bridgehead atoms. The lowest BCUT2D eigenvalue weighted by Crippen LogP contribution is -2.37. The molecule has 0 radical (unpaired) electrons. The van der Waals surface area contributed by atoms with Crippen molar-refractivity contribution in [1.29, 1.82) is 0 Å². The zero-order chi connectivity index (χ0) is 12.3. The number of methoxy groups -OCH3 is 1. The first-order valence-electron chi connectivity index (χ1n) is 5.62. The Morgan fingerprint density at radius 2 is 2.00 bits per heavy atom. The standard InChI is InChI=1S/C14H20O2/c1-6-14(4,16-5)13(15)12-9-10(2)7-8-11(12)3/h7-9H,6H2,1-5H3. The van der Waals surface area contributed by atoms with Crippen molar-refractivity contribution < 1.29 is 9.53 Å². The van der Waals surface area contributed by atoms with E-state index in [0.29, 0.717) is 6.42 Å². The van der Waals surface area contributed by atoms with Gasteiger partial charge in [-0.25, -0.2) is 0 Å². The molecular weight excluding hydrogens is 200 g/mol. The van der Waals surface area contributed by atoms with Gasteiger partial charge in [-0.15, -0.1) is 0 Å². The molecule has 1 unspecified atom stereocenters. The van der Waals surface area contributed by atoms with E-state index >= 15 is 0 Å². The third kappa shape index (κ3) is 2.33. The molecule has 0 aliphatic rings. The predicted octanol–water partition coefficient (Wildman–Crippen LogP) is 3.30. The minimum atomic E-state index is -0.710. The molecule has 0 heterocycles. The molecule has 0 saturated heterocycles. The second-order valence-electron chi connectivity index (χ2n) is 4.44. The van der Waals surface area contributed by atoms with Gasteiger partial charge in [0.2, 0.25) is 0 Å². The Kier molecular flexibility index (Phi) is 3.87. The van der Waals surface area contributed by atoms with Crippen LogP contribution < -0.4 is 0 Å². The second-order valence-corrected chi connectivity index (χ2v) is 4.44. The van der Waals surface area contributed by atoms with Crippen LogP contribution in [0.2, 0.25) is 0 Å². The van der Waals surface area contributed by atoms with Crippen LogP contribution in [-0.2, 0) is 4.74 Å². The Balaban J connectivity index is 3.18. The fourth-order valence-electron chi connectivity index (χ4n) is 1.66. The summed E-state index contributed by atoms with van der Waals surface area (Å²) >= 11 is 0. The van der Waals surface area contributed by atoms with Gasteiger partial charge in [0.05, 0.1) is 0 Å². The highest BCUT2D eigenvalue weighted by atomic mass is 16.5. The van der Waals surface area contributed by atoms with Crippen molar-refractivity contribution >= 4 is 5.78 Å². The molecule has 1 atom stereocenters. The molecule has 0 aliphatic carbocycles. The molecule has 0 amide bonds. The maximum Gasteiger partial charge on any atom is 0.194 e. The Morgan fingerprint density at radius 1 is 1.38 bits per heavy atom. The molecule has 1 rings (SSSR count). The minimum Gasteiger partial charge on any atom is -0.370 e. The van der Waals surface area contributed by atoms with Crippen LogP contribution in [0, 0.1) is 13.8 Å². The van der Waals surface area contributed by atoms with Crippen molar-refractivity contribution in [1.82, 2.24) is 0 Å². The van der Waals surface area contributed by atoms with E-state index in [4.69, 9.17) is 4.74 Å². The first-order valence-corrected chi connectivity index (χ1v) is 5.62. The predicted molar refractivity (Wildman–Crippen MR) is 66.0 cm³/mol. The number of Topliss-reactive ketones (excluding diaryl/α,β-unsaturated/α-hetero) is 1. The van der Waals surface area contributed by atoms with E-state index < -0.39 is 5.60 Å². The number of ether oxygens (including phenoxy) is 1. The molecule has 1 aromatic carbocycles. The first kappa shape index (κ1) is 12.9. The maximum absolute atomic E-state index is 12.4. The molecule has 2 heteroatoms. The molecule has 16 heavy (non-hydrogen) atoms. The van der Waals surface area contributed by atoms with E-state index in [9.17, 15) is 4.79 Å². The second kappa shape index (κ2) is 4.79. The highest BCUT2D eigenvalue weighted by Gasteiger charge is 2.32. The van der Waals surface area contributed by atoms with Crippen molar-refractivity contribution in [2.24, 2.45) is 0 Å². The third-order valence-electron chi connectivity index (χ3n) is 3.24. The molecule has 0 N–H and O–H groups in total. The van der Waals surface area contributed by atoms with Crippen LogP contribution in [0.3, 0.4) is 0 Å². The summed E-state index contributed by atoms with van der Waals surface area (Å²) in [7, 11) is 1.59. The number of rotatable bonds is 4. The Hall–Kier alpha value is -1.15. The van der Waals surface area contributed by atoms with Crippen molar-refractivity contribution in [3.63, 3.8) is 0 Å². The van der Waals surface area contributed by atoms with Gasteiger partial charge in [-0.3, -0.25) is 4.79 Å². The number of carbonyl (C=O) groups excluding carboxylic acids is 1. The number of hydrogen-bond acceptors (Lipinski definition) is 2. The van der Waals surface area contributed by atoms with Gasteiger partial charge in [0.1, 0.15) is 5.60 Å². The molecule has 0 aromatic heterocycles. The summed E-state index contributed by atoms with van der Waals surface area (Å²) in [6.07, 6.45) is 0.676. The van der Waals surface area contributed by atoms with Gasteiger partial charge in [-0.05, 0) is 38.8 Å². The Bertz CT molecular complexity index is 390. The highest BCUT2D eigenvalue weighted by molar-refractivity contribution is 6.03. The van der Waals surface area contributed by atoms with E-state index in [1.165, 1.54) is 0 Å². The normalized spacial score (nSPS) is 14.6. The van der Waals surface area contributed by atoms with Crippen LogP contribution in [0.4, 0.5) is 0 Å². The fourth-order valence-corrected chi connectivity index (χ4v) is 1.66. The molecule has 0 spiro atoms. The maximum atomic E-state index is 12.4. The van der Waals surface area contributed by atoms with Gasteiger partial charge in [-0.2, -0.15) is 0 Å². The van der Waals surface area contributed by atoms with Crippen LogP contribution >= 0.6 is 0 Å². The van der Waals surface area contributed by atoms with Crippen molar-refractivity contribution in [2.75, 3.05) is 7.11 Å². The van der Waals surface area contributed by atoms with Crippen molar-refractivity contribution in [3.8, 4) is 0 Å². The summed E-state index contributed by atoms with van der Waals surface area (Å²) in [4.78, 5) is 12.4. The van der Waals surface area contributed by atoms with Crippen molar-refractivity contribution in [2.45, 2.75) is 39.7 Å². The Morgan fingerprint density at radius 3 is 2.50 bits per heavy atom. The molecule has 2 nitrogen and oxygen atoms in total. The SMILES string of the molecule is CCC(C)(OC)C(=O)c1cc(C)ccc1C. The molecule has 88 valence electrons. The summed E-state index contributed by atoms with van der Waals surface area (Å²) in [5.41, 5.74) is 2.17. The average Bonchev–Trinajstić information content (AvgIpc) is 2.30. The van der Waals surface area contributed by atoms with Gasteiger partial charge < -0.3 is 4.74 Å². The van der Waals surface area contributed by atoms with Crippen molar-refractivity contribution in [3.05, 3.63) is 34.9 Å². The van der Waals surface area contributed by atoms with E-state index in [1.54, 1.807) is 7.11 Å². The van der Waals surface area contributed by atoms with Gasteiger partial charge in [0, 0.05) is 12.7 Å². The summed E-state index contributed by atoms with van der Waals surface area (Å²) in [6, 6.07) is 5.93. The average molecular weight is 220 g/mol. The summed E-state index contributed by atoms with van der Waals surface area (Å²) in [5, 5.41) is 0. The van der Waals surface area contributed by atoms with Crippen LogP contribution in [0.25, 0.3) is 0 Å². The topological polar surface area (TPSA) is 26.3 Å². The lowest BCUT2D eigenvalue weighted by molar-refractivity contribution is 0.0105. The highest BCUT2D eigenvalue weighted by Crippen LogP contribution is 2.23. The first-order chi connectivity index (χ1) is 7.44. The van der Waals surface area contributed by atoms with Crippen LogP contribution in [-0.4, -0.2) is 18.5 Å². The molecule has 0 aliphatic heterocycles. The summed E-state index contributed by atoms with van der Waals surface area (Å²) < 4.78 is 5.35. The third-order valence-corrected chi connectivity index (χ3v) is 3.24. The van der Waals surface area contributed by atoms with E-state index in [1.807, 2.05) is 45.9 Å². The Labute approximate surface area is 97.6 Å². The number of carbonyl (C=O) groups is 1. The quantitative estimate of drug-likeness (QED) is 0.728. The van der Waals surface area contributed by atoms with Gasteiger partial charge in [0.15, 0.2) is 5.78 Å². The molecule has 1 aromatic rings. The molecule has 0 saturated carbocycles. The van der Waals surface area contributed by atoms with Crippen LogP contribution in [0.1, 0.15) is 41.8 Å². The lowest BCUT2D eigenvalue weighted by Gasteiger charge is -2.25. The lowest BCUT2D eigenvalue weighted by atomic mass is 9.89. The number of benzene rings is 1. The van der Waals surface area contributed by atoms with Crippen LogP contribution in [0.15, 0.2) is 18.2 Å². The number of aryl methyl sites for hydroxylation is 2. The molecular formula is C14H20O2. The smallest absolute Gasteiger partial charge is 0.194 e. The fraction of sp³-hybridized carbons (Fsp3) is 0.500. The summed E-state index contributed by atoms with van der Waals surface area (Å²) in [6.45, 7) is 7.76. The van der Waals surface area contributed by atoms with Gasteiger partial charge in [-0.1, -0.05) is 24.6 Å². The van der Waals surface area contributed by atoms with E-state index in [2.05, 4.69) is 0 Å². The van der Waals surface area contributed by atoms with Gasteiger partial charge in [0.25, 0.3) is 0 Å². The molecule has 0 fully saturated rings. The van der Waals surface area contributed by atoms with Crippen LogP contribution in [0.5, 0.6) is 0 Å². The number of ketones is 1. The monoisotopic (exact) mass is 220 g/mol. The minimum absolute atomic E-state index is 0.0682. The zero-order valence-electron chi connectivity index (χ0n) is 10.8. The van der Waals surface area contributed by atoms with E-state index in [0.717, 1.165) is 16.7 Å². The largest absolute Gasteiger partial charge is 0.370 e.